The number of benzene rings is 1. The van der Waals surface area contributed by atoms with Crippen molar-refractivity contribution in [1.29, 1.82) is 0 Å². The molecule has 2 aromatic heterocycles. The van der Waals surface area contributed by atoms with Gasteiger partial charge in [0.15, 0.2) is 10.0 Å². The zero-order valence-corrected chi connectivity index (χ0v) is 14.7. The number of aromatic nitrogens is 3. The smallest absolute Gasteiger partial charge is 0.277 e. The Morgan fingerprint density at radius 1 is 1.38 bits per heavy atom. The largest absolute Gasteiger partial charge is 0.447 e. The van der Waals surface area contributed by atoms with Gasteiger partial charge in [-0.3, -0.25) is 4.79 Å². The van der Waals surface area contributed by atoms with Gasteiger partial charge in [-0.25, -0.2) is 4.98 Å². The monoisotopic (exact) mass is 361 g/mol. The molecule has 7 nitrogen and oxygen atoms in total. The van der Waals surface area contributed by atoms with Crippen LogP contribution in [0.1, 0.15) is 27.0 Å². The SMILES string of the molecule is Cc1nnc(Sc2ccc(NC(=O)c3coc(CN)n3)c(C)c2)s1. The maximum absolute atomic E-state index is 12.2. The Morgan fingerprint density at radius 3 is 2.83 bits per heavy atom. The Labute approximate surface area is 146 Å². The number of aryl methyl sites for hydroxylation is 2. The van der Waals surface area contributed by atoms with Gasteiger partial charge in [0.1, 0.15) is 11.3 Å². The molecular weight excluding hydrogens is 346 g/mol. The van der Waals surface area contributed by atoms with Crippen molar-refractivity contribution < 1.29 is 9.21 Å². The highest BCUT2D eigenvalue weighted by atomic mass is 32.2. The third-order valence-electron chi connectivity index (χ3n) is 3.12. The van der Waals surface area contributed by atoms with Crippen LogP contribution in [0.25, 0.3) is 0 Å². The molecule has 24 heavy (non-hydrogen) atoms. The van der Waals surface area contributed by atoms with Gasteiger partial charge < -0.3 is 15.5 Å². The molecule has 0 fully saturated rings. The quantitative estimate of drug-likeness (QED) is 0.719. The fraction of sp³-hybridized carbons (Fsp3) is 0.200. The van der Waals surface area contributed by atoms with E-state index in [0.717, 1.165) is 25.5 Å². The van der Waals surface area contributed by atoms with Gasteiger partial charge in [-0.05, 0) is 37.6 Å². The standard InChI is InChI=1S/C15H15N5O2S2/c1-8-5-10(24-15-20-19-9(2)23-15)3-4-11(8)18-14(21)12-7-22-13(6-16)17-12/h3-5,7H,6,16H2,1-2H3,(H,18,21). The van der Waals surface area contributed by atoms with Crippen molar-refractivity contribution >= 4 is 34.7 Å². The normalized spacial score (nSPS) is 10.8. The van der Waals surface area contributed by atoms with Crippen molar-refractivity contribution in [2.75, 3.05) is 5.32 Å². The molecule has 1 amide bonds. The lowest BCUT2D eigenvalue weighted by Crippen LogP contribution is -2.13. The van der Waals surface area contributed by atoms with Gasteiger partial charge in [-0.2, -0.15) is 0 Å². The van der Waals surface area contributed by atoms with E-state index in [0.29, 0.717) is 5.89 Å². The molecule has 0 bridgehead atoms. The van der Waals surface area contributed by atoms with Crippen LogP contribution in [0.15, 0.2) is 38.1 Å². The molecule has 0 aliphatic rings. The van der Waals surface area contributed by atoms with Gasteiger partial charge in [0.05, 0.1) is 6.54 Å². The number of hydrogen-bond acceptors (Lipinski definition) is 8. The summed E-state index contributed by atoms with van der Waals surface area (Å²) in [7, 11) is 0. The zero-order chi connectivity index (χ0) is 17.1. The number of carbonyl (C=O) groups excluding carboxylic acids is 1. The molecule has 0 saturated heterocycles. The molecule has 0 aliphatic carbocycles. The van der Waals surface area contributed by atoms with Crippen LogP contribution in [-0.2, 0) is 6.54 Å². The molecule has 0 unspecified atom stereocenters. The second-order valence-electron chi connectivity index (χ2n) is 4.95. The first-order chi connectivity index (χ1) is 11.5. The lowest BCUT2D eigenvalue weighted by atomic mass is 10.2. The Balaban J connectivity index is 1.71. The number of rotatable bonds is 5. The van der Waals surface area contributed by atoms with E-state index in [2.05, 4.69) is 20.5 Å². The molecule has 9 heteroatoms. The summed E-state index contributed by atoms with van der Waals surface area (Å²) >= 11 is 3.09. The average molecular weight is 361 g/mol. The molecule has 3 rings (SSSR count). The molecule has 0 atom stereocenters. The van der Waals surface area contributed by atoms with Crippen LogP contribution < -0.4 is 11.1 Å². The van der Waals surface area contributed by atoms with Crippen LogP contribution in [0.3, 0.4) is 0 Å². The van der Waals surface area contributed by atoms with Crippen molar-refractivity contribution in [3.63, 3.8) is 0 Å². The second-order valence-corrected chi connectivity index (χ2v) is 7.45. The van der Waals surface area contributed by atoms with Gasteiger partial charge in [-0.15, -0.1) is 10.2 Å². The summed E-state index contributed by atoms with van der Waals surface area (Å²) in [4.78, 5) is 17.2. The van der Waals surface area contributed by atoms with Crippen LogP contribution in [0.4, 0.5) is 5.69 Å². The molecular formula is C15H15N5O2S2. The van der Waals surface area contributed by atoms with Crippen molar-refractivity contribution in [1.82, 2.24) is 15.2 Å². The highest BCUT2D eigenvalue weighted by Gasteiger charge is 2.13. The van der Waals surface area contributed by atoms with Gasteiger partial charge >= 0.3 is 0 Å². The van der Waals surface area contributed by atoms with E-state index in [1.807, 2.05) is 32.0 Å². The minimum atomic E-state index is -0.332. The van der Waals surface area contributed by atoms with Crippen molar-refractivity contribution in [3.05, 3.63) is 46.6 Å². The number of nitrogens with one attached hydrogen (secondary N) is 1. The van der Waals surface area contributed by atoms with E-state index in [1.165, 1.54) is 6.26 Å². The second kappa shape index (κ2) is 7.12. The number of anilines is 1. The molecule has 124 valence electrons. The predicted molar refractivity (Wildman–Crippen MR) is 92.3 cm³/mol. The summed E-state index contributed by atoms with van der Waals surface area (Å²) < 4.78 is 5.97. The summed E-state index contributed by atoms with van der Waals surface area (Å²) in [5.74, 6) is -0.00216. The fourth-order valence-electron chi connectivity index (χ4n) is 1.96. The Kier molecular flexibility index (Phi) is 4.93. The van der Waals surface area contributed by atoms with Crippen LogP contribution in [0.2, 0.25) is 0 Å². The van der Waals surface area contributed by atoms with Gasteiger partial charge in [0, 0.05) is 10.6 Å². The first-order valence-electron chi connectivity index (χ1n) is 7.09. The topological polar surface area (TPSA) is 107 Å². The molecule has 1 aromatic carbocycles. The van der Waals surface area contributed by atoms with Crippen LogP contribution >= 0.6 is 23.1 Å². The number of amides is 1. The lowest BCUT2D eigenvalue weighted by Gasteiger charge is -2.08. The third kappa shape index (κ3) is 3.81. The predicted octanol–water partition coefficient (Wildman–Crippen LogP) is 3.01. The van der Waals surface area contributed by atoms with Gasteiger partial charge in [-0.1, -0.05) is 23.1 Å². The van der Waals surface area contributed by atoms with E-state index in [1.54, 1.807) is 23.1 Å². The number of carbonyl (C=O) groups is 1. The van der Waals surface area contributed by atoms with Crippen LogP contribution in [0.5, 0.6) is 0 Å². The number of oxazole rings is 1. The fourth-order valence-corrected chi connectivity index (χ4v) is 3.84. The molecule has 3 aromatic rings. The number of hydrogen-bond donors (Lipinski definition) is 2. The number of nitrogens with two attached hydrogens (primary N) is 1. The zero-order valence-electron chi connectivity index (χ0n) is 13.1. The minimum Gasteiger partial charge on any atom is -0.447 e. The van der Waals surface area contributed by atoms with Crippen LogP contribution in [0, 0.1) is 13.8 Å². The molecule has 2 heterocycles. The molecule has 0 spiro atoms. The van der Waals surface area contributed by atoms with Crippen molar-refractivity contribution in [3.8, 4) is 0 Å². The summed E-state index contributed by atoms with van der Waals surface area (Å²) in [5, 5.41) is 11.9. The van der Waals surface area contributed by atoms with Gasteiger partial charge in [0.25, 0.3) is 5.91 Å². The third-order valence-corrected chi connectivity index (χ3v) is 5.00. The summed E-state index contributed by atoms with van der Waals surface area (Å²) in [6.45, 7) is 4.01. The first-order valence-corrected chi connectivity index (χ1v) is 8.73. The maximum Gasteiger partial charge on any atom is 0.277 e. The van der Waals surface area contributed by atoms with Crippen molar-refractivity contribution in [2.24, 2.45) is 5.73 Å². The Hall–Kier alpha value is -2.23. The lowest BCUT2D eigenvalue weighted by molar-refractivity contribution is 0.102. The van der Waals surface area contributed by atoms with Crippen molar-refractivity contribution in [2.45, 2.75) is 29.6 Å². The highest BCUT2D eigenvalue weighted by Crippen LogP contribution is 2.32. The Morgan fingerprint density at radius 2 is 2.21 bits per heavy atom. The molecule has 0 radical (unpaired) electrons. The summed E-state index contributed by atoms with van der Waals surface area (Å²) in [6, 6.07) is 5.77. The maximum atomic E-state index is 12.2. The average Bonchev–Trinajstić information content (AvgIpc) is 3.19. The number of nitrogens with zero attached hydrogens (tertiary/aromatic N) is 3. The summed E-state index contributed by atoms with van der Waals surface area (Å²) in [5.41, 5.74) is 7.29. The van der Waals surface area contributed by atoms with E-state index in [9.17, 15) is 4.79 Å². The van der Waals surface area contributed by atoms with Crippen LogP contribution in [-0.4, -0.2) is 21.1 Å². The highest BCUT2D eigenvalue weighted by molar-refractivity contribution is 8.01. The molecule has 0 aliphatic heterocycles. The summed E-state index contributed by atoms with van der Waals surface area (Å²) in [6.07, 6.45) is 1.30. The van der Waals surface area contributed by atoms with E-state index < -0.39 is 0 Å². The first kappa shape index (κ1) is 16.6. The van der Waals surface area contributed by atoms with E-state index >= 15 is 0 Å². The Bertz CT molecular complexity index is 874. The van der Waals surface area contributed by atoms with Gasteiger partial charge in [0.2, 0.25) is 5.89 Å². The molecule has 3 N–H and O–H groups in total. The van der Waals surface area contributed by atoms with E-state index in [4.69, 9.17) is 10.2 Å². The minimum absolute atomic E-state index is 0.156. The molecule has 0 saturated carbocycles. The van der Waals surface area contributed by atoms with E-state index in [-0.39, 0.29) is 18.1 Å².